The largest absolute Gasteiger partial charge is 0.495 e. The third-order valence-corrected chi connectivity index (χ3v) is 7.12. The lowest BCUT2D eigenvalue weighted by Crippen LogP contribution is -2.48. The van der Waals surface area contributed by atoms with Crippen LogP contribution in [0.5, 0.6) is 11.5 Å². The summed E-state index contributed by atoms with van der Waals surface area (Å²) in [6.45, 7) is 5.41. The minimum atomic E-state index is 0.0560. The molecule has 0 saturated carbocycles. The number of rotatable bonds is 8. The molecule has 0 aromatic heterocycles. The van der Waals surface area contributed by atoms with Gasteiger partial charge in [-0.15, -0.1) is 11.8 Å². The van der Waals surface area contributed by atoms with Crippen molar-refractivity contribution >= 4 is 35.0 Å². The SMILES string of the molecule is CCOc1ccc(C(=O)N2CCN(c3ccccc3OC)CC2)cc1CSc1ccc(Cl)cc1. The standard InChI is InChI=1S/C27H29ClN2O3S/c1-3-33-25-13-8-20(18-21(25)19-34-23-11-9-22(28)10-12-23)27(31)30-16-14-29(15-17-30)24-6-4-5-7-26(24)32-2/h4-13,18H,3,14-17,19H2,1-2H3. The third kappa shape index (κ3) is 5.80. The summed E-state index contributed by atoms with van der Waals surface area (Å²) < 4.78 is 11.3. The zero-order valence-corrected chi connectivity index (χ0v) is 21.1. The predicted octanol–water partition coefficient (Wildman–Crippen LogP) is 6.00. The second-order valence-corrected chi connectivity index (χ2v) is 9.43. The maximum absolute atomic E-state index is 13.3. The quantitative estimate of drug-likeness (QED) is 0.358. The highest BCUT2D eigenvalue weighted by molar-refractivity contribution is 7.98. The number of anilines is 1. The zero-order chi connectivity index (χ0) is 23.9. The van der Waals surface area contributed by atoms with Crippen LogP contribution in [0.1, 0.15) is 22.8 Å². The number of methoxy groups -OCH3 is 1. The fraction of sp³-hybridized carbons (Fsp3) is 0.296. The highest BCUT2D eigenvalue weighted by atomic mass is 35.5. The summed E-state index contributed by atoms with van der Waals surface area (Å²) >= 11 is 7.70. The van der Waals surface area contributed by atoms with Gasteiger partial charge < -0.3 is 19.3 Å². The molecule has 5 nitrogen and oxygen atoms in total. The molecule has 34 heavy (non-hydrogen) atoms. The topological polar surface area (TPSA) is 42.0 Å². The van der Waals surface area contributed by atoms with E-state index in [1.807, 2.05) is 72.5 Å². The second-order valence-electron chi connectivity index (χ2n) is 7.95. The number of thioether (sulfide) groups is 1. The molecule has 0 unspecified atom stereocenters. The molecular formula is C27H29ClN2O3S. The number of para-hydroxylation sites is 2. The minimum Gasteiger partial charge on any atom is -0.495 e. The van der Waals surface area contributed by atoms with Gasteiger partial charge in [-0.3, -0.25) is 4.79 Å². The van der Waals surface area contributed by atoms with Gasteiger partial charge in [0, 0.05) is 53.0 Å². The molecule has 1 saturated heterocycles. The lowest BCUT2D eigenvalue weighted by molar-refractivity contribution is 0.0746. The Morgan fingerprint density at radius 2 is 1.71 bits per heavy atom. The molecule has 1 amide bonds. The Balaban J connectivity index is 1.44. The van der Waals surface area contributed by atoms with Crippen molar-refractivity contribution in [2.75, 3.05) is 44.8 Å². The fourth-order valence-corrected chi connectivity index (χ4v) is 5.04. The molecule has 0 spiro atoms. The van der Waals surface area contributed by atoms with Crippen molar-refractivity contribution in [3.05, 3.63) is 82.9 Å². The average molecular weight is 497 g/mol. The second kappa shape index (κ2) is 11.5. The Kier molecular flexibility index (Phi) is 8.25. The van der Waals surface area contributed by atoms with E-state index in [9.17, 15) is 4.79 Å². The average Bonchev–Trinajstić information content (AvgIpc) is 2.89. The molecule has 3 aromatic rings. The van der Waals surface area contributed by atoms with E-state index in [2.05, 4.69) is 11.0 Å². The number of piperazine rings is 1. The third-order valence-electron chi connectivity index (χ3n) is 5.81. The molecule has 3 aromatic carbocycles. The molecule has 7 heteroatoms. The molecule has 0 atom stereocenters. The zero-order valence-electron chi connectivity index (χ0n) is 19.5. The molecule has 1 heterocycles. The van der Waals surface area contributed by atoms with Gasteiger partial charge in [0.15, 0.2) is 0 Å². The molecular weight excluding hydrogens is 468 g/mol. The first kappa shape index (κ1) is 24.3. The van der Waals surface area contributed by atoms with Gasteiger partial charge in [0.25, 0.3) is 5.91 Å². The fourth-order valence-electron chi connectivity index (χ4n) is 4.04. The minimum absolute atomic E-state index is 0.0560. The maximum atomic E-state index is 13.3. The number of nitrogens with zero attached hydrogens (tertiary/aromatic N) is 2. The van der Waals surface area contributed by atoms with Crippen LogP contribution < -0.4 is 14.4 Å². The predicted molar refractivity (Wildman–Crippen MR) is 140 cm³/mol. The number of carbonyl (C=O) groups is 1. The van der Waals surface area contributed by atoms with Crippen molar-refractivity contribution < 1.29 is 14.3 Å². The summed E-state index contributed by atoms with van der Waals surface area (Å²) in [4.78, 5) is 18.6. The summed E-state index contributed by atoms with van der Waals surface area (Å²) in [5, 5.41) is 0.720. The van der Waals surface area contributed by atoms with Gasteiger partial charge in [-0.1, -0.05) is 23.7 Å². The van der Waals surface area contributed by atoms with E-state index in [4.69, 9.17) is 21.1 Å². The number of halogens is 1. The summed E-state index contributed by atoms with van der Waals surface area (Å²) in [6.07, 6.45) is 0. The molecule has 1 aliphatic rings. The van der Waals surface area contributed by atoms with Crippen molar-refractivity contribution in [1.29, 1.82) is 0 Å². The molecule has 4 rings (SSSR count). The van der Waals surface area contributed by atoms with Crippen LogP contribution in [-0.2, 0) is 5.75 Å². The summed E-state index contributed by atoms with van der Waals surface area (Å²) in [6, 6.07) is 21.6. The Morgan fingerprint density at radius 1 is 0.971 bits per heavy atom. The van der Waals surface area contributed by atoms with Crippen LogP contribution in [0.25, 0.3) is 0 Å². The van der Waals surface area contributed by atoms with Gasteiger partial charge in [0.05, 0.1) is 19.4 Å². The number of carbonyl (C=O) groups excluding carboxylic acids is 1. The van der Waals surface area contributed by atoms with Crippen LogP contribution >= 0.6 is 23.4 Å². The monoisotopic (exact) mass is 496 g/mol. The van der Waals surface area contributed by atoms with Crippen LogP contribution in [-0.4, -0.2) is 50.7 Å². The van der Waals surface area contributed by atoms with Crippen LogP contribution in [0, 0.1) is 0 Å². The van der Waals surface area contributed by atoms with E-state index >= 15 is 0 Å². The summed E-state index contributed by atoms with van der Waals surface area (Å²) in [5.41, 5.74) is 2.78. The van der Waals surface area contributed by atoms with Crippen molar-refractivity contribution in [3.8, 4) is 11.5 Å². The lowest BCUT2D eigenvalue weighted by Gasteiger charge is -2.36. The van der Waals surface area contributed by atoms with Crippen LogP contribution in [0.3, 0.4) is 0 Å². The van der Waals surface area contributed by atoms with E-state index in [0.717, 1.165) is 45.8 Å². The Morgan fingerprint density at radius 3 is 2.41 bits per heavy atom. The number of hydrogen-bond donors (Lipinski definition) is 0. The summed E-state index contributed by atoms with van der Waals surface area (Å²) in [7, 11) is 1.69. The van der Waals surface area contributed by atoms with Gasteiger partial charge in [0.2, 0.25) is 0 Å². The van der Waals surface area contributed by atoms with Gasteiger partial charge in [-0.2, -0.15) is 0 Å². The molecule has 0 N–H and O–H groups in total. The highest BCUT2D eigenvalue weighted by Crippen LogP contribution is 2.31. The number of hydrogen-bond acceptors (Lipinski definition) is 5. The summed E-state index contributed by atoms with van der Waals surface area (Å²) in [5.74, 6) is 2.44. The number of ether oxygens (including phenoxy) is 2. The van der Waals surface area contributed by atoms with Gasteiger partial charge in [-0.05, 0) is 61.5 Å². The normalized spacial score (nSPS) is 13.6. The lowest BCUT2D eigenvalue weighted by atomic mass is 10.1. The highest BCUT2D eigenvalue weighted by Gasteiger charge is 2.24. The van der Waals surface area contributed by atoms with Gasteiger partial charge >= 0.3 is 0 Å². The molecule has 0 radical (unpaired) electrons. The van der Waals surface area contributed by atoms with Crippen molar-refractivity contribution in [2.45, 2.75) is 17.6 Å². The van der Waals surface area contributed by atoms with E-state index in [-0.39, 0.29) is 5.91 Å². The van der Waals surface area contributed by atoms with E-state index in [1.165, 1.54) is 0 Å². The van der Waals surface area contributed by atoms with Crippen molar-refractivity contribution in [2.24, 2.45) is 0 Å². The van der Waals surface area contributed by atoms with Crippen LogP contribution in [0.2, 0.25) is 5.02 Å². The van der Waals surface area contributed by atoms with Crippen LogP contribution in [0.4, 0.5) is 5.69 Å². The molecule has 0 aliphatic carbocycles. The van der Waals surface area contributed by atoms with Crippen molar-refractivity contribution in [3.63, 3.8) is 0 Å². The molecule has 178 valence electrons. The van der Waals surface area contributed by atoms with Crippen molar-refractivity contribution in [1.82, 2.24) is 4.90 Å². The first-order valence-corrected chi connectivity index (χ1v) is 12.8. The molecule has 1 fully saturated rings. The van der Waals surface area contributed by atoms with Crippen LogP contribution in [0.15, 0.2) is 71.6 Å². The maximum Gasteiger partial charge on any atom is 0.253 e. The Hall–Kier alpha value is -2.83. The molecule has 1 aliphatic heterocycles. The number of benzene rings is 3. The van der Waals surface area contributed by atoms with E-state index in [0.29, 0.717) is 31.0 Å². The molecule has 0 bridgehead atoms. The van der Waals surface area contributed by atoms with Gasteiger partial charge in [0.1, 0.15) is 11.5 Å². The first-order valence-electron chi connectivity index (χ1n) is 11.4. The Labute approximate surface area is 210 Å². The van der Waals surface area contributed by atoms with E-state index in [1.54, 1.807) is 18.9 Å². The van der Waals surface area contributed by atoms with E-state index < -0.39 is 0 Å². The van der Waals surface area contributed by atoms with Gasteiger partial charge in [-0.25, -0.2) is 0 Å². The Bertz CT molecular complexity index is 1120. The smallest absolute Gasteiger partial charge is 0.253 e. The number of amides is 1. The first-order chi connectivity index (χ1) is 16.6.